The lowest BCUT2D eigenvalue weighted by atomic mass is 10.1. The first-order chi connectivity index (χ1) is 9.24. The van der Waals surface area contributed by atoms with Crippen LogP contribution in [-0.2, 0) is 0 Å². The van der Waals surface area contributed by atoms with Crippen molar-refractivity contribution in [3.63, 3.8) is 0 Å². The van der Waals surface area contributed by atoms with Gasteiger partial charge in [-0.3, -0.25) is 10.1 Å². The molecule has 3 heteroatoms. The zero-order chi connectivity index (χ0) is 13.9. The summed E-state index contributed by atoms with van der Waals surface area (Å²) in [6, 6.07) is 6.75. The van der Waals surface area contributed by atoms with Crippen LogP contribution in [-0.4, -0.2) is 4.92 Å². The molecular formula is C16H23NO2. The first-order valence-electron chi connectivity index (χ1n) is 7.15. The summed E-state index contributed by atoms with van der Waals surface area (Å²) in [5.74, 6) is 0. The van der Waals surface area contributed by atoms with Crippen molar-refractivity contribution >= 4 is 11.8 Å². The first kappa shape index (κ1) is 15.4. The number of hydrogen-bond acceptors (Lipinski definition) is 2. The molecule has 104 valence electrons. The topological polar surface area (TPSA) is 43.1 Å². The highest BCUT2D eigenvalue weighted by Crippen LogP contribution is 2.15. The fourth-order valence-corrected chi connectivity index (χ4v) is 2.00. The standard InChI is InChI=1S/C16H23NO2/c1-2-3-4-5-6-7-8-9-11-15-12-10-13-16(14-15)17(18)19/h9-14H,2-8H2,1H3/b11-9+. The van der Waals surface area contributed by atoms with E-state index in [0.717, 1.165) is 12.0 Å². The van der Waals surface area contributed by atoms with Gasteiger partial charge >= 0.3 is 0 Å². The molecule has 0 aliphatic rings. The normalized spacial score (nSPS) is 11.0. The van der Waals surface area contributed by atoms with Crippen LogP contribution in [0.1, 0.15) is 57.4 Å². The van der Waals surface area contributed by atoms with Gasteiger partial charge in [-0.2, -0.15) is 0 Å². The van der Waals surface area contributed by atoms with Crippen LogP contribution in [0.4, 0.5) is 5.69 Å². The Morgan fingerprint density at radius 3 is 2.63 bits per heavy atom. The molecular weight excluding hydrogens is 238 g/mol. The molecule has 0 amide bonds. The van der Waals surface area contributed by atoms with Crippen LogP contribution in [0.15, 0.2) is 30.3 Å². The average molecular weight is 261 g/mol. The molecule has 0 N–H and O–H groups in total. The second-order valence-electron chi connectivity index (χ2n) is 4.81. The van der Waals surface area contributed by atoms with Gasteiger partial charge in [0, 0.05) is 12.1 Å². The smallest absolute Gasteiger partial charge is 0.258 e. The van der Waals surface area contributed by atoms with E-state index in [1.807, 2.05) is 12.1 Å². The highest BCUT2D eigenvalue weighted by molar-refractivity contribution is 5.53. The molecule has 0 spiro atoms. The van der Waals surface area contributed by atoms with E-state index >= 15 is 0 Å². The summed E-state index contributed by atoms with van der Waals surface area (Å²) in [5, 5.41) is 10.6. The van der Waals surface area contributed by atoms with Gasteiger partial charge in [-0.15, -0.1) is 0 Å². The summed E-state index contributed by atoms with van der Waals surface area (Å²) in [6.45, 7) is 2.22. The summed E-state index contributed by atoms with van der Waals surface area (Å²) in [7, 11) is 0. The van der Waals surface area contributed by atoms with Gasteiger partial charge in [-0.1, -0.05) is 63.3 Å². The highest BCUT2D eigenvalue weighted by Gasteiger charge is 2.03. The number of nitro benzene ring substituents is 1. The minimum absolute atomic E-state index is 0.154. The van der Waals surface area contributed by atoms with E-state index in [2.05, 4.69) is 13.0 Å². The average Bonchev–Trinajstić information content (AvgIpc) is 2.42. The Morgan fingerprint density at radius 1 is 1.16 bits per heavy atom. The van der Waals surface area contributed by atoms with Gasteiger partial charge in [0.1, 0.15) is 0 Å². The van der Waals surface area contributed by atoms with Crippen molar-refractivity contribution in [1.29, 1.82) is 0 Å². The number of benzene rings is 1. The maximum Gasteiger partial charge on any atom is 0.270 e. The van der Waals surface area contributed by atoms with Gasteiger partial charge in [-0.25, -0.2) is 0 Å². The first-order valence-corrected chi connectivity index (χ1v) is 7.15. The summed E-state index contributed by atoms with van der Waals surface area (Å²) < 4.78 is 0. The van der Waals surface area contributed by atoms with E-state index in [-0.39, 0.29) is 10.6 Å². The van der Waals surface area contributed by atoms with Crippen molar-refractivity contribution in [3.05, 3.63) is 46.0 Å². The number of non-ortho nitro benzene ring substituents is 1. The molecule has 0 bridgehead atoms. The van der Waals surface area contributed by atoms with Gasteiger partial charge in [0.05, 0.1) is 4.92 Å². The maximum atomic E-state index is 10.6. The predicted octanol–water partition coefficient (Wildman–Crippen LogP) is 5.36. The van der Waals surface area contributed by atoms with Crippen molar-refractivity contribution < 1.29 is 4.92 Å². The molecule has 3 nitrogen and oxygen atoms in total. The second-order valence-corrected chi connectivity index (χ2v) is 4.81. The van der Waals surface area contributed by atoms with E-state index in [1.165, 1.54) is 44.6 Å². The summed E-state index contributed by atoms with van der Waals surface area (Å²) in [5.41, 5.74) is 1.06. The molecule has 0 unspecified atom stereocenters. The molecule has 0 atom stereocenters. The van der Waals surface area contributed by atoms with Crippen LogP contribution in [0, 0.1) is 10.1 Å². The Balaban J connectivity index is 2.25. The molecule has 1 aromatic rings. The molecule has 0 radical (unpaired) electrons. The molecule has 0 fully saturated rings. The van der Waals surface area contributed by atoms with Gasteiger partial charge in [0.15, 0.2) is 0 Å². The fraction of sp³-hybridized carbons (Fsp3) is 0.500. The highest BCUT2D eigenvalue weighted by atomic mass is 16.6. The number of hydrogen-bond donors (Lipinski definition) is 0. The number of unbranched alkanes of at least 4 members (excludes halogenated alkanes) is 6. The fourth-order valence-electron chi connectivity index (χ4n) is 2.00. The lowest BCUT2D eigenvalue weighted by Crippen LogP contribution is -1.87. The van der Waals surface area contributed by atoms with Crippen molar-refractivity contribution in [2.75, 3.05) is 0 Å². The van der Waals surface area contributed by atoms with Gasteiger partial charge in [-0.05, 0) is 18.4 Å². The third-order valence-electron chi connectivity index (χ3n) is 3.12. The number of allylic oxidation sites excluding steroid dienone is 1. The van der Waals surface area contributed by atoms with Crippen molar-refractivity contribution in [2.45, 2.75) is 51.9 Å². The largest absolute Gasteiger partial charge is 0.270 e. The molecule has 0 heterocycles. The van der Waals surface area contributed by atoms with Crippen LogP contribution < -0.4 is 0 Å². The van der Waals surface area contributed by atoms with E-state index in [0.29, 0.717) is 0 Å². The van der Waals surface area contributed by atoms with E-state index in [9.17, 15) is 10.1 Å². The second kappa shape index (κ2) is 9.31. The minimum atomic E-state index is -0.356. The molecule has 0 aromatic heterocycles. The molecule has 1 aromatic carbocycles. The SMILES string of the molecule is CCCCCCCC/C=C/c1cccc([N+](=O)[O-])c1. The third kappa shape index (κ3) is 6.75. The Hall–Kier alpha value is -1.64. The Morgan fingerprint density at radius 2 is 1.89 bits per heavy atom. The molecule has 19 heavy (non-hydrogen) atoms. The third-order valence-corrected chi connectivity index (χ3v) is 3.12. The monoisotopic (exact) mass is 261 g/mol. The van der Waals surface area contributed by atoms with Gasteiger partial charge in [0.2, 0.25) is 0 Å². The number of nitro groups is 1. The van der Waals surface area contributed by atoms with E-state index in [1.54, 1.807) is 12.1 Å². The summed E-state index contributed by atoms with van der Waals surface area (Å²) in [4.78, 5) is 10.3. The maximum absolute atomic E-state index is 10.6. The summed E-state index contributed by atoms with van der Waals surface area (Å²) >= 11 is 0. The van der Waals surface area contributed by atoms with E-state index in [4.69, 9.17) is 0 Å². The van der Waals surface area contributed by atoms with Gasteiger partial charge < -0.3 is 0 Å². The summed E-state index contributed by atoms with van der Waals surface area (Å²) in [6.07, 6.45) is 12.9. The number of nitrogens with zero attached hydrogens (tertiary/aromatic N) is 1. The van der Waals surface area contributed by atoms with Crippen molar-refractivity contribution in [1.82, 2.24) is 0 Å². The Bertz CT molecular complexity index is 413. The number of rotatable bonds is 9. The van der Waals surface area contributed by atoms with Gasteiger partial charge in [0.25, 0.3) is 5.69 Å². The van der Waals surface area contributed by atoms with Crippen LogP contribution in [0.3, 0.4) is 0 Å². The predicted molar refractivity (Wildman–Crippen MR) is 80.1 cm³/mol. The minimum Gasteiger partial charge on any atom is -0.258 e. The van der Waals surface area contributed by atoms with Crippen LogP contribution >= 0.6 is 0 Å². The quantitative estimate of drug-likeness (QED) is 0.341. The zero-order valence-corrected chi connectivity index (χ0v) is 11.7. The Kier molecular flexibility index (Phi) is 7.56. The lowest BCUT2D eigenvalue weighted by molar-refractivity contribution is -0.384. The van der Waals surface area contributed by atoms with Crippen LogP contribution in [0.5, 0.6) is 0 Å². The van der Waals surface area contributed by atoms with Crippen molar-refractivity contribution in [2.24, 2.45) is 0 Å². The molecule has 0 aliphatic heterocycles. The molecule has 0 saturated heterocycles. The Labute approximate surface area is 115 Å². The van der Waals surface area contributed by atoms with E-state index < -0.39 is 0 Å². The van der Waals surface area contributed by atoms with Crippen LogP contribution in [0.2, 0.25) is 0 Å². The zero-order valence-electron chi connectivity index (χ0n) is 11.7. The molecule has 0 aliphatic carbocycles. The lowest BCUT2D eigenvalue weighted by Gasteiger charge is -1.98. The molecule has 0 saturated carbocycles. The molecule has 1 rings (SSSR count). The van der Waals surface area contributed by atoms with Crippen molar-refractivity contribution in [3.8, 4) is 0 Å². The van der Waals surface area contributed by atoms with Crippen LogP contribution in [0.25, 0.3) is 6.08 Å².